The average Bonchev–Trinajstić information content (AvgIpc) is 3.65. The number of aliphatic hydroxyl groups is 10. The second-order valence-electron chi connectivity index (χ2n) is 21.1. The third-order valence-electron chi connectivity index (χ3n) is 14.7. The van der Waals surface area contributed by atoms with E-state index in [1.165, 1.54) is 154 Å². The first kappa shape index (κ1) is 66.0. The molecule has 0 radical (unpaired) electrons. The van der Waals surface area contributed by atoms with Gasteiger partial charge in [0.1, 0.15) is 61.0 Å². The highest BCUT2D eigenvalue weighted by Gasteiger charge is 2.52. The molecule has 422 valence electrons. The van der Waals surface area contributed by atoms with E-state index < -0.39 is 111 Å². The largest absolute Gasteiger partial charge is 0.394 e. The van der Waals surface area contributed by atoms with Gasteiger partial charge in [-0.05, 0) is 12.8 Å². The molecule has 2 saturated heterocycles. The van der Waals surface area contributed by atoms with Crippen LogP contribution in [0.15, 0.2) is 0 Å². The molecule has 0 bridgehead atoms. The minimum absolute atomic E-state index is 0.204. The van der Waals surface area contributed by atoms with Gasteiger partial charge in [0.25, 0.3) is 0 Å². The maximum absolute atomic E-state index is 13.4. The zero-order valence-corrected chi connectivity index (χ0v) is 44.5. The Morgan fingerprint density at radius 3 is 1.32 bits per heavy atom. The lowest BCUT2D eigenvalue weighted by atomic mass is 9.98. The molecule has 2 fully saturated rings. The summed E-state index contributed by atoms with van der Waals surface area (Å²) in [6, 6.07) is -1.28. The molecule has 2 aliphatic heterocycles. The van der Waals surface area contributed by atoms with Crippen LogP contribution in [-0.2, 0) is 23.7 Å². The fourth-order valence-electron chi connectivity index (χ4n) is 9.95. The lowest BCUT2D eigenvalue weighted by molar-refractivity contribution is -0.332. The van der Waals surface area contributed by atoms with Crippen molar-refractivity contribution in [3.8, 4) is 0 Å². The normalized spacial score (nSPS) is 25.8. The van der Waals surface area contributed by atoms with Gasteiger partial charge in [-0.1, -0.05) is 226 Å². The van der Waals surface area contributed by atoms with Crippen LogP contribution in [0.1, 0.15) is 239 Å². The number of amides is 1. The summed E-state index contributed by atoms with van der Waals surface area (Å²) in [5.41, 5.74) is 0. The number of aliphatic hydroxyl groups excluding tert-OH is 10. The molecule has 0 aromatic carbocycles. The molecule has 71 heavy (non-hydrogen) atoms. The first-order valence-corrected chi connectivity index (χ1v) is 29.0. The van der Waals surface area contributed by atoms with Crippen molar-refractivity contribution in [2.75, 3.05) is 19.8 Å². The molecule has 0 aromatic rings. The van der Waals surface area contributed by atoms with Gasteiger partial charge in [-0.3, -0.25) is 4.79 Å². The molecule has 1 amide bonds. The van der Waals surface area contributed by atoms with Crippen molar-refractivity contribution in [3.05, 3.63) is 0 Å². The van der Waals surface area contributed by atoms with E-state index in [1.54, 1.807) is 0 Å². The van der Waals surface area contributed by atoms with Crippen LogP contribution in [0.4, 0.5) is 0 Å². The SMILES string of the molecule is CCCCCCCCCCCCCCCCCCCCCC(O)C(=O)NC(COC1OC(CO)C(O)C(OC2OC(C(O)CO)C(O)C2O)C1O)C(O)C(O)CCCCCCCCCCCCCCCC. The van der Waals surface area contributed by atoms with E-state index >= 15 is 0 Å². The summed E-state index contributed by atoms with van der Waals surface area (Å²) < 4.78 is 22.6. The van der Waals surface area contributed by atoms with Gasteiger partial charge in [-0.25, -0.2) is 0 Å². The molecule has 2 rings (SSSR count). The zero-order chi connectivity index (χ0) is 52.1. The highest BCUT2D eigenvalue weighted by Crippen LogP contribution is 2.31. The van der Waals surface area contributed by atoms with Crippen LogP contribution >= 0.6 is 0 Å². The van der Waals surface area contributed by atoms with Gasteiger partial charge in [0, 0.05) is 0 Å². The van der Waals surface area contributed by atoms with Gasteiger partial charge in [-0.15, -0.1) is 0 Å². The Hall–Kier alpha value is -1.09. The van der Waals surface area contributed by atoms with Crippen LogP contribution in [-0.4, -0.2) is 163 Å². The van der Waals surface area contributed by atoms with E-state index in [2.05, 4.69) is 19.2 Å². The van der Waals surface area contributed by atoms with Crippen molar-refractivity contribution in [2.45, 2.75) is 324 Å². The molecular weight excluding hydrogens is 915 g/mol. The molecule has 0 saturated carbocycles. The summed E-state index contributed by atoms with van der Waals surface area (Å²) in [6.07, 6.45) is 19.7. The number of hydrogen-bond acceptors (Lipinski definition) is 15. The molecule has 14 unspecified atom stereocenters. The molecule has 2 heterocycles. The van der Waals surface area contributed by atoms with E-state index in [4.69, 9.17) is 18.9 Å². The van der Waals surface area contributed by atoms with Crippen LogP contribution in [0.5, 0.6) is 0 Å². The highest BCUT2D eigenvalue weighted by atomic mass is 16.7. The second kappa shape index (κ2) is 42.1. The van der Waals surface area contributed by atoms with Crippen molar-refractivity contribution in [3.63, 3.8) is 0 Å². The van der Waals surface area contributed by atoms with E-state index in [0.717, 1.165) is 44.9 Å². The van der Waals surface area contributed by atoms with Crippen LogP contribution < -0.4 is 5.32 Å². The number of rotatable bonds is 47. The van der Waals surface area contributed by atoms with E-state index in [1.807, 2.05) is 0 Å². The molecule has 2 aliphatic rings. The second-order valence-corrected chi connectivity index (χ2v) is 21.1. The summed E-state index contributed by atoms with van der Waals surface area (Å²) in [4.78, 5) is 13.4. The summed E-state index contributed by atoms with van der Waals surface area (Å²) in [7, 11) is 0. The van der Waals surface area contributed by atoms with Crippen molar-refractivity contribution in [2.24, 2.45) is 0 Å². The van der Waals surface area contributed by atoms with Crippen molar-refractivity contribution in [1.82, 2.24) is 5.32 Å². The predicted molar refractivity (Wildman–Crippen MR) is 275 cm³/mol. The third kappa shape index (κ3) is 28.0. The first-order valence-electron chi connectivity index (χ1n) is 29.0. The Bertz CT molecular complexity index is 1240. The smallest absolute Gasteiger partial charge is 0.249 e. The topological polar surface area (TPSA) is 268 Å². The Morgan fingerprint density at radius 1 is 0.507 bits per heavy atom. The Labute approximate surface area is 429 Å². The number of unbranched alkanes of at least 4 members (excludes halogenated alkanes) is 31. The predicted octanol–water partition coefficient (Wildman–Crippen LogP) is 6.89. The minimum Gasteiger partial charge on any atom is -0.394 e. The quantitative estimate of drug-likeness (QED) is 0.0277. The lowest BCUT2D eigenvalue weighted by Crippen LogP contribution is -2.62. The van der Waals surface area contributed by atoms with Crippen LogP contribution in [0.2, 0.25) is 0 Å². The van der Waals surface area contributed by atoms with Crippen LogP contribution in [0.25, 0.3) is 0 Å². The maximum atomic E-state index is 13.4. The molecule has 14 atom stereocenters. The standard InChI is InChI=1S/C55H107NO15/c1-3-5-7-9-11-13-15-17-19-20-21-22-23-25-27-29-31-33-35-37-43(60)53(67)56-41(46(62)42(59)36-34-32-30-28-26-24-18-16-14-12-10-8-6-4-2)40-68-54-50(66)52(47(63)45(39-58)69-54)71-55-49(65)48(64)51(70-55)44(61)38-57/h41-52,54-55,57-66H,3-40H2,1-2H3,(H,56,67). The lowest BCUT2D eigenvalue weighted by Gasteiger charge is -2.43. The van der Waals surface area contributed by atoms with Crippen molar-refractivity contribution >= 4 is 5.91 Å². The summed E-state index contributed by atoms with van der Waals surface area (Å²) in [5.74, 6) is -0.760. The molecule has 11 N–H and O–H groups in total. The monoisotopic (exact) mass is 1020 g/mol. The molecule has 0 aliphatic carbocycles. The molecule has 0 aromatic heterocycles. The maximum Gasteiger partial charge on any atom is 0.249 e. The summed E-state index contributed by atoms with van der Waals surface area (Å²) in [5, 5.41) is 109. The van der Waals surface area contributed by atoms with Gasteiger partial charge >= 0.3 is 0 Å². The van der Waals surface area contributed by atoms with Crippen molar-refractivity contribution in [1.29, 1.82) is 0 Å². The van der Waals surface area contributed by atoms with E-state index in [0.29, 0.717) is 12.8 Å². The van der Waals surface area contributed by atoms with E-state index in [-0.39, 0.29) is 12.8 Å². The Kier molecular flexibility index (Phi) is 39.1. The first-order chi connectivity index (χ1) is 34.4. The Morgan fingerprint density at radius 2 is 0.915 bits per heavy atom. The fraction of sp³-hybridized carbons (Fsp3) is 0.982. The minimum atomic E-state index is -1.82. The molecular formula is C55H107NO15. The highest BCUT2D eigenvalue weighted by molar-refractivity contribution is 5.80. The summed E-state index contributed by atoms with van der Waals surface area (Å²) >= 11 is 0. The number of carbonyl (C=O) groups is 1. The zero-order valence-electron chi connectivity index (χ0n) is 44.5. The van der Waals surface area contributed by atoms with Crippen LogP contribution in [0, 0.1) is 0 Å². The molecule has 0 spiro atoms. The summed E-state index contributed by atoms with van der Waals surface area (Å²) in [6.45, 7) is 2.40. The molecule has 16 nitrogen and oxygen atoms in total. The Balaban J connectivity index is 1.86. The fourth-order valence-corrected chi connectivity index (χ4v) is 9.95. The van der Waals surface area contributed by atoms with Gasteiger partial charge in [-0.2, -0.15) is 0 Å². The van der Waals surface area contributed by atoms with Gasteiger partial charge < -0.3 is 75.3 Å². The van der Waals surface area contributed by atoms with Gasteiger partial charge in [0.2, 0.25) is 5.91 Å². The number of ether oxygens (including phenoxy) is 4. The average molecular weight is 1020 g/mol. The van der Waals surface area contributed by atoms with Gasteiger partial charge in [0.15, 0.2) is 12.6 Å². The van der Waals surface area contributed by atoms with Crippen molar-refractivity contribution < 1.29 is 74.8 Å². The number of nitrogens with one attached hydrogen (secondary N) is 1. The van der Waals surface area contributed by atoms with Crippen LogP contribution in [0.3, 0.4) is 0 Å². The third-order valence-corrected chi connectivity index (χ3v) is 14.7. The number of hydrogen-bond donors (Lipinski definition) is 11. The van der Waals surface area contributed by atoms with Gasteiger partial charge in [0.05, 0.1) is 32.0 Å². The van der Waals surface area contributed by atoms with E-state index in [9.17, 15) is 55.9 Å². The molecule has 16 heteroatoms. The number of carbonyl (C=O) groups excluding carboxylic acids is 1.